The zero-order valence-corrected chi connectivity index (χ0v) is 37.7. The smallest absolute Gasteiger partial charge is 0.275 e. The number of quaternary nitrogens is 2. The molecule has 0 aliphatic carbocycles. The highest BCUT2D eigenvalue weighted by molar-refractivity contribution is 5.97. The number of likely N-dealkylation sites (tertiary alicyclic amines) is 1. The van der Waals surface area contributed by atoms with E-state index in [4.69, 9.17) is 0 Å². The van der Waals surface area contributed by atoms with Crippen molar-refractivity contribution in [2.75, 3.05) is 39.8 Å². The summed E-state index contributed by atoms with van der Waals surface area (Å²) in [5.74, 6) is -2.25. The number of nitrogens with one attached hydrogen (secondary N) is 4. The quantitative estimate of drug-likeness (QED) is 0.0508. The van der Waals surface area contributed by atoms with Gasteiger partial charge in [0.25, 0.3) is 5.91 Å². The number of carbonyl (C=O) groups excluding carboxylic acids is 6. The van der Waals surface area contributed by atoms with Crippen LogP contribution in [0.3, 0.4) is 0 Å². The standard InChI is InChI=1S/C45H85N8O6/c1-4-6-8-10-12-14-16-18-20-24-32-48-40(54)30-29-37(43(57)49-33-25-21-19-17-15-13-11-9-7-5-2)51-44(58)39-28-26-34-53(39)42(56)36-52(3)45(59)38(27-22-23-31-46)50-41(55)35-47/h36-39H,4-35,46-47H2,1-3H3,(H,48,54)(H,49,57)(H,50,55)(H,51,58)/p+2. The first-order chi connectivity index (χ1) is 28.6. The first kappa shape index (κ1) is 53.8. The van der Waals surface area contributed by atoms with Crippen LogP contribution in [0.25, 0.3) is 0 Å². The summed E-state index contributed by atoms with van der Waals surface area (Å²) in [5.41, 5.74) is 7.42. The zero-order valence-electron chi connectivity index (χ0n) is 37.7. The van der Waals surface area contributed by atoms with Crippen LogP contribution in [0.5, 0.6) is 0 Å². The summed E-state index contributed by atoms with van der Waals surface area (Å²) in [6.07, 6.45) is 27.1. The fourth-order valence-corrected chi connectivity index (χ4v) is 7.59. The Hall–Kier alpha value is -3.26. The Labute approximate surface area is 357 Å². The molecule has 0 bridgehead atoms. The predicted octanol–water partition coefficient (Wildman–Crippen LogP) is 4.08. The summed E-state index contributed by atoms with van der Waals surface area (Å²) >= 11 is 0. The number of amides is 6. The summed E-state index contributed by atoms with van der Waals surface area (Å²) in [6.45, 7) is 7.70. The lowest BCUT2D eigenvalue weighted by atomic mass is 10.1. The van der Waals surface area contributed by atoms with Crippen LogP contribution in [0.15, 0.2) is 0 Å². The van der Waals surface area contributed by atoms with E-state index in [2.05, 4.69) is 46.6 Å². The lowest BCUT2D eigenvalue weighted by molar-refractivity contribution is -0.368. The fraction of sp³-hybridized carbons (Fsp3) is 0.844. The highest BCUT2D eigenvalue weighted by Gasteiger charge is 2.37. The van der Waals surface area contributed by atoms with Gasteiger partial charge in [0.1, 0.15) is 24.7 Å². The second kappa shape index (κ2) is 35.5. The van der Waals surface area contributed by atoms with Crippen molar-refractivity contribution in [1.29, 1.82) is 0 Å². The molecule has 0 spiro atoms. The van der Waals surface area contributed by atoms with Crippen molar-refractivity contribution in [2.24, 2.45) is 0 Å². The molecule has 1 aliphatic heterocycles. The van der Waals surface area contributed by atoms with Crippen LogP contribution in [0.4, 0.5) is 0 Å². The molecule has 1 fully saturated rings. The van der Waals surface area contributed by atoms with Gasteiger partial charge in [-0.15, -0.1) is 0 Å². The van der Waals surface area contributed by atoms with E-state index in [1.165, 1.54) is 107 Å². The molecule has 1 rings (SSSR count). The van der Waals surface area contributed by atoms with Crippen molar-refractivity contribution in [1.82, 2.24) is 31.1 Å². The summed E-state index contributed by atoms with van der Waals surface area (Å²) in [7, 11) is 1.46. The minimum absolute atomic E-state index is 0.0154. The molecule has 59 heavy (non-hydrogen) atoms. The molecule has 14 nitrogen and oxygen atoms in total. The topological polar surface area (TPSA) is 212 Å². The predicted molar refractivity (Wildman–Crippen MR) is 234 cm³/mol. The first-order valence-corrected chi connectivity index (χ1v) is 23.7. The number of unbranched alkanes of at least 4 members (excludes halogenated alkanes) is 19. The molecule has 6 amide bonds. The average molecular weight is 836 g/mol. The van der Waals surface area contributed by atoms with Crippen LogP contribution in [0.2, 0.25) is 0 Å². The fourth-order valence-electron chi connectivity index (χ4n) is 7.59. The van der Waals surface area contributed by atoms with Crippen molar-refractivity contribution in [3.63, 3.8) is 0 Å². The maximum Gasteiger partial charge on any atom is 0.275 e. The number of nitrogens with zero attached hydrogens (tertiary/aromatic N) is 2. The lowest BCUT2D eigenvalue weighted by Gasteiger charge is -2.29. The van der Waals surface area contributed by atoms with Crippen LogP contribution >= 0.6 is 0 Å². The van der Waals surface area contributed by atoms with Gasteiger partial charge in [-0.25, -0.2) is 0 Å². The van der Waals surface area contributed by atoms with E-state index in [-0.39, 0.29) is 37.1 Å². The highest BCUT2D eigenvalue weighted by Crippen LogP contribution is 2.20. The number of rotatable bonds is 37. The van der Waals surface area contributed by atoms with E-state index in [1.807, 2.05) is 0 Å². The molecule has 0 aromatic carbocycles. The first-order valence-electron chi connectivity index (χ1n) is 23.7. The van der Waals surface area contributed by atoms with Gasteiger partial charge in [-0.05, 0) is 51.4 Å². The van der Waals surface area contributed by atoms with Gasteiger partial charge in [0, 0.05) is 33.1 Å². The second-order valence-corrected chi connectivity index (χ2v) is 16.6. The van der Waals surface area contributed by atoms with Crippen LogP contribution in [0, 0.1) is 6.54 Å². The van der Waals surface area contributed by atoms with E-state index in [0.29, 0.717) is 51.9 Å². The van der Waals surface area contributed by atoms with E-state index in [1.54, 1.807) is 0 Å². The molecule has 10 N–H and O–H groups in total. The summed E-state index contributed by atoms with van der Waals surface area (Å²) < 4.78 is 0. The molecule has 341 valence electrons. The van der Waals surface area contributed by atoms with E-state index in [9.17, 15) is 28.8 Å². The van der Waals surface area contributed by atoms with Crippen molar-refractivity contribution >= 4 is 35.4 Å². The number of hydrogen-bond donors (Lipinski definition) is 6. The Bertz CT molecular complexity index is 1170. The van der Waals surface area contributed by atoms with Crippen molar-refractivity contribution < 1.29 is 40.2 Å². The van der Waals surface area contributed by atoms with Crippen LogP contribution in [-0.4, -0.2) is 103 Å². The highest BCUT2D eigenvalue weighted by atomic mass is 16.2. The van der Waals surface area contributed by atoms with Crippen LogP contribution in [-0.2, 0) is 28.8 Å². The van der Waals surface area contributed by atoms with Gasteiger partial charge in [0.2, 0.25) is 29.5 Å². The molecule has 1 aliphatic rings. The molecular formula is C45H87N8O6+2. The number of carbonyl (C=O) groups is 6. The largest absolute Gasteiger partial charge is 0.358 e. The summed E-state index contributed by atoms with van der Waals surface area (Å²) in [4.78, 5) is 81.6. The zero-order chi connectivity index (χ0) is 43.5. The van der Waals surface area contributed by atoms with Crippen molar-refractivity contribution in [3.05, 3.63) is 6.54 Å². The normalized spacial score (nSPS) is 14.7. The molecular weight excluding hydrogens is 749 g/mol. The van der Waals surface area contributed by atoms with Gasteiger partial charge in [0.05, 0.1) is 6.54 Å². The molecule has 1 heterocycles. The Morgan fingerprint density at radius 1 is 0.644 bits per heavy atom. The van der Waals surface area contributed by atoms with Gasteiger partial charge in [-0.1, -0.05) is 129 Å². The molecule has 3 unspecified atom stereocenters. The van der Waals surface area contributed by atoms with Gasteiger partial charge in [0.15, 0.2) is 6.54 Å². The van der Waals surface area contributed by atoms with E-state index in [0.717, 1.165) is 51.5 Å². The SMILES string of the molecule is CCCCCCCCCCCCNC(=O)CCC(NC(=O)C1CCCN1C(=O)[CH]N(C)C(=O)C(CCCC[NH3+])NC(=O)C[NH3+])C(=O)NCCCCCCCCCCCC. The van der Waals surface area contributed by atoms with E-state index >= 15 is 0 Å². The minimum Gasteiger partial charge on any atom is -0.358 e. The Kier molecular flexibility index (Phi) is 32.3. The Morgan fingerprint density at radius 2 is 1.17 bits per heavy atom. The molecule has 14 heteroatoms. The Balaban J connectivity index is 2.76. The minimum atomic E-state index is -0.935. The summed E-state index contributed by atoms with van der Waals surface area (Å²) in [6, 6.07) is -2.58. The molecule has 3 atom stereocenters. The van der Waals surface area contributed by atoms with Gasteiger partial charge < -0.3 is 42.5 Å². The molecule has 1 radical (unpaired) electrons. The number of likely N-dealkylation sites (N-methyl/N-ethyl adjacent to an activating group) is 1. The second-order valence-electron chi connectivity index (χ2n) is 16.6. The summed E-state index contributed by atoms with van der Waals surface area (Å²) in [5, 5.41) is 11.5. The maximum atomic E-state index is 13.8. The third kappa shape index (κ3) is 25.9. The van der Waals surface area contributed by atoms with Crippen molar-refractivity contribution in [2.45, 2.75) is 205 Å². The monoisotopic (exact) mass is 836 g/mol. The molecule has 0 saturated carbocycles. The van der Waals surface area contributed by atoms with Gasteiger partial charge in [-0.2, -0.15) is 0 Å². The average Bonchev–Trinajstić information content (AvgIpc) is 3.73. The number of hydrogen-bond acceptors (Lipinski definition) is 6. The van der Waals surface area contributed by atoms with Gasteiger partial charge in [-0.3, -0.25) is 28.8 Å². The third-order valence-electron chi connectivity index (χ3n) is 11.3. The molecule has 0 aromatic rings. The van der Waals surface area contributed by atoms with Gasteiger partial charge >= 0.3 is 0 Å². The van der Waals surface area contributed by atoms with E-state index < -0.39 is 35.8 Å². The lowest BCUT2D eigenvalue weighted by Crippen LogP contribution is -2.60. The van der Waals surface area contributed by atoms with Crippen LogP contribution < -0.4 is 32.7 Å². The molecule has 1 saturated heterocycles. The molecule has 0 aromatic heterocycles. The maximum absolute atomic E-state index is 13.8. The third-order valence-corrected chi connectivity index (χ3v) is 11.3. The van der Waals surface area contributed by atoms with Crippen LogP contribution in [0.1, 0.15) is 187 Å². The van der Waals surface area contributed by atoms with Crippen molar-refractivity contribution in [3.8, 4) is 0 Å². The Morgan fingerprint density at radius 3 is 1.69 bits per heavy atom.